The number of nitrogens with zero attached hydrogens (tertiary/aromatic N) is 1. The van der Waals surface area contributed by atoms with Crippen molar-refractivity contribution < 1.29 is 4.42 Å². The van der Waals surface area contributed by atoms with Crippen LogP contribution >= 0.6 is 0 Å². The highest BCUT2D eigenvalue weighted by atomic mass is 16.3. The van der Waals surface area contributed by atoms with Crippen LogP contribution in [0.1, 0.15) is 18.4 Å². The van der Waals surface area contributed by atoms with Crippen LogP contribution in [0.5, 0.6) is 0 Å². The van der Waals surface area contributed by atoms with Gasteiger partial charge in [0.25, 0.3) is 0 Å². The molecule has 0 aliphatic rings. The fourth-order valence-corrected chi connectivity index (χ4v) is 2.16. The molecule has 3 aromatic rings. The molecule has 0 saturated carbocycles. The molecule has 0 saturated heterocycles. The van der Waals surface area contributed by atoms with Crippen LogP contribution in [-0.4, -0.2) is 4.98 Å². The number of rotatable bonds is 4. The average molecular weight is 252 g/mol. The maximum absolute atomic E-state index is 5.69. The zero-order chi connectivity index (χ0) is 13.1. The molecule has 0 aliphatic carbocycles. The lowest BCUT2D eigenvalue weighted by Gasteiger charge is -2.08. The van der Waals surface area contributed by atoms with Crippen molar-refractivity contribution in [1.82, 2.24) is 4.98 Å². The van der Waals surface area contributed by atoms with E-state index in [1.165, 1.54) is 5.39 Å². The van der Waals surface area contributed by atoms with Gasteiger partial charge in [-0.05, 0) is 29.7 Å². The molecule has 0 unspecified atom stereocenters. The summed E-state index contributed by atoms with van der Waals surface area (Å²) < 4.78 is 5.69. The van der Waals surface area contributed by atoms with Gasteiger partial charge < -0.3 is 9.73 Å². The second-order valence-electron chi connectivity index (χ2n) is 4.48. The fraction of sp³-hybridized carbons (Fsp3) is 0.188. The third kappa shape index (κ3) is 2.45. The predicted octanol–water partition coefficient (Wildman–Crippen LogP) is 4.00. The molecule has 3 heteroatoms. The average Bonchev–Trinajstić information content (AvgIpc) is 2.93. The molecule has 0 spiro atoms. The van der Waals surface area contributed by atoms with Gasteiger partial charge in [0.2, 0.25) is 0 Å². The lowest BCUT2D eigenvalue weighted by atomic mass is 10.1. The van der Waals surface area contributed by atoms with E-state index in [0.717, 1.165) is 29.0 Å². The summed E-state index contributed by atoms with van der Waals surface area (Å²) >= 11 is 0. The second-order valence-corrected chi connectivity index (χ2v) is 4.48. The maximum Gasteiger partial charge on any atom is 0.123 e. The number of aryl methyl sites for hydroxylation is 1. The molecule has 0 aliphatic heterocycles. The summed E-state index contributed by atoms with van der Waals surface area (Å²) in [6.45, 7) is 2.78. The Bertz CT molecular complexity index is 683. The molecule has 0 radical (unpaired) electrons. The van der Waals surface area contributed by atoms with Gasteiger partial charge in [-0.2, -0.15) is 0 Å². The molecule has 96 valence electrons. The van der Waals surface area contributed by atoms with Crippen molar-refractivity contribution in [1.29, 1.82) is 0 Å². The Morgan fingerprint density at radius 3 is 2.84 bits per heavy atom. The quantitative estimate of drug-likeness (QED) is 0.762. The molecule has 0 bridgehead atoms. The van der Waals surface area contributed by atoms with E-state index in [4.69, 9.17) is 4.42 Å². The molecule has 0 atom stereocenters. The molecule has 1 aromatic carbocycles. The number of hydrogen-bond acceptors (Lipinski definition) is 3. The Hall–Kier alpha value is -2.29. The Morgan fingerprint density at radius 1 is 1.11 bits per heavy atom. The summed E-state index contributed by atoms with van der Waals surface area (Å²) in [6.07, 6.45) is 4.63. The van der Waals surface area contributed by atoms with Crippen LogP contribution in [-0.2, 0) is 13.0 Å². The number of hydrogen-bond donors (Lipinski definition) is 1. The number of pyridine rings is 1. The maximum atomic E-state index is 5.69. The van der Waals surface area contributed by atoms with E-state index >= 15 is 0 Å². The molecular weight excluding hydrogens is 236 g/mol. The first-order chi connectivity index (χ1) is 9.36. The largest absolute Gasteiger partial charge is 0.464 e. The van der Waals surface area contributed by atoms with E-state index in [1.807, 2.05) is 36.7 Å². The molecule has 19 heavy (non-hydrogen) atoms. The van der Waals surface area contributed by atoms with Crippen LogP contribution in [0.4, 0.5) is 5.69 Å². The third-order valence-electron chi connectivity index (χ3n) is 3.20. The lowest BCUT2D eigenvalue weighted by Crippen LogP contribution is -1.98. The van der Waals surface area contributed by atoms with Crippen LogP contribution in [0.25, 0.3) is 10.8 Å². The first-order valence-electron chi connectivity index (χ1n) is 6.51. The normalized spacial score (nSPS) is 10.8. The smallest absolute Gasteiger partial charge is 0.123 e. The number of nitrogens with one attached hydrogen (secondary N) is 1. The molecule has 0 amide bonds. The van der Waals surface area contributed by atoms with Crippen molar-refractivity contribution in [2.75, 3.05) is 5.32 Å². The van der Waals surface area contributed by atoms with Crippen molar-refractivity contribution in [3.8, 4) is 0 Å². The van der Waals surface area contributed by atoms with Gasteiger partial charge >= 0.3 is 0 Å². The summed E-state index contributed by atoms with van der Waals surface area (Å²) in [5, 5.41) is 5.73. The van der Waals surface area contributed by atoms with Crippen molar-refractivity contribution in [2.45, 2.75) is 19.9 Å². The van der Waals surface area contributed by atoms with Crippen molar-refractivity contribution in [2.24, 2.45) is 0 Å². The zero-order valence-electron chi connectivity index (χ0n) is 10.9. The Morgan fingerprint density at radius 2 is 2.00 bits per heavy atom. The number of anilines is 1. The SMILES string of the molecule is CCc1ccc(CNc2cccc3ccncc23)o1. The van der Waals surface area contributed by atoms with Gasteiger partial charge in [0.05, 0.1) is 6.54 Å². The summed E-state index contributed by atoms with van der Waals surface area (Å²) in [5.41, 5.74) is 1.08. The van der Waals surface area contributed by atoms with Gasteiger partial charge in [-0.25, -0.2) is 0 Å². The monoisotopic (exact) mass is 252 g/mol. The number of aromatic nitrogens is 1. The van der Waals surface area contributed by atoms with Crippen LogP contribution in [0.15, 0.2) is 53.2 Å². The lowest BCUT2D eigenvalue weighted by molar-refractivity contribution is 0.476. The third-order valence-corrected chi connectivity index (χ3v) is 3.20. The summed E-state index contributed by atoms with van der Waals surface area (Å²) in [6, 6.07) is 12.3. The van der Waals surface area contributed by atoms with E-state index < -0.39 is 0 Å². The first kappa shape index (κ1) is 11.8. The fourth-order valence-electron chi connectivity index (χ4n) is 2.16. The molecular formula is C16H16N2O. The van der Waals surface area contributed by atoms with Crippen LogP contribution < -0.4 is 5.32 Å². The van der Waals surface area contributed by atoms with Crippen LogP contribution in [0.2, 0.25) is 0 Å². The number of fused-ring (bicyclic) bond motifs is 1. The van der Waals surface area contributed by atoms with Crippen molar-refractivity contribution in [3.63, 3.8) is 0 Å². The topological polar surface area (TPSA) is 38.1 Å². The first-order valence-corrected chi connectivity index (χ1v) is 6.51. The van der Waals surface area contributed by atoms with Gasteiger partial charge in [0, 0.05) is 29.9 Å². The van der Waals surface area contributed by atoms with Gasteiger partial charge in [0.15, 0.2) is 0 Å². The highest BCUT2D eigenvalue weighted by Gasteiger charge is 2.03. The predicted molar refractivity (Wildman–Crippen MR) is 77.2 cm³/mol. The molecule has 0 fully saturated rings. The highest BCUT2D eigenvalue weighted by molar-refractivity contribution is 5.92. The van der Waals surface area contributed by atoms with Gasteiger partial charge in [0.1, 0.15) is 11.5 Å². The molecule has 2 aromatic heterocycles. The van der Waals surface area contributed by atoms with E-state index in [0.29, 0.717) is 6.54 Å². The summed E-state index contributed by atoms with van der Waals surface area (Å²) in [7, 11) is 0. The standard InChI is InChI=1S/C16H16N2O/c1-2-13-6-7-14(19-13)10-18-16-5-3-4-12-8-9-17-11-15(12)16/h3-9,11,18H,2,10H2,1H3. The molecule has 3 rings (SSSR count). The van der Waals surface area contributed by atoms with Crippen LogP contribution in [0, 0.1) is 0 Å². The summed E-state index contributed by atoms with van der Waals surface area (Å²) in [4.78, 5) is 4.18. The molecule has 2 heterocycles. The minimum absolute atomic E-state index is 0.688. The summed E-state index contributed by atoms with van der Waals surface area (Å²) in [5.74, 6) is 1.98. The van der Waals surface area contributed by atoms with Crippen LogP contribution in [0.3, 0.4) is 0 Å². The van der Waals surface area contributed by atoms with E-state index in [1.54, 1.807) is 0 Å². The Kier molecular flexibility index (Phi) is 3.19. The number of benzene rings is 1. The minimum atomic E-state index is 0.688. The van der Waals surface area contributed by atoms with E-state index in [-0.39, 0.29) is 0 Å². The Balaban J connectivity index is 1.81. The van der Waals surface area contributed by atoms with E-state index in [2.05, 4.69) is 29.4 Å². The van der Waals surface area contributed by atoms with Gasteiger partial charge in [-0.3, -0.25) is 4.98 Å². The minimum Gasteiger partial charge on any atom is -0.464 e. The highest BCUT2D eigenvalue weighted by Crippen LogP contribution is 2.22. The molecule has 3 nitrogen and oxygen atoms in total. The van der Waals surface area contributed by atoms with Gasteiger partial charge in [-0.15, -0.1) is 0 Å². The van der Waals surface area contributed by atoms with Gasteiger partial charge in [-0.1, -0.05) is 19.1 Å². The number of furan rings is 1. The second kappa shape index (κ2) is 5.14. The molecule has 1 N–H and O–H groups in total. The Labute approximate surface area is 112 Å². The zero-order valence-corrected chi connectivity index (χ0v) is 10.9. The van der Waals surface area contributed by atoms with Crippen molar-refractivity contribution >= 4 is 16.5 Å². The van der Waals surface area contributed by atoms with Crippen molar-refractivity contribution in [3.05, 3.63) is 60.3 Å². The van der Waals surface area contributed by atoms with E-state index in [9.17, 15) is 0 Å².